The van der Waals surface area contributed by atoms with E-state index in [4.69, 9.17) is 22.1 Å². The van der Waals surface area contributed by atoms with E-state index in [1.54, 1.807) is 20.8 Å². The van der Waals surface area contributed by atoms with Crippen LogP contribution in [-0.2, 0) is 9.53 Å². The van der Waals surface area contributed by atoms with Crippen LogP contribution in [0.5, 0.6) is 0 Å². The molecule has 1 aromatic heterocycles. The monoisotopic (exact) mass is 315 g/mol. The van der Waals surface area contributed by atoms with Crippen LogP contribution in [0.3, 0.4) is 0 Å². The van der Waals surface area contributed by atoms with Crippen molar-refractivity contribution in [2.24, 2.45) is 0 Å². The molecule has 1 amide bonds. The number of carbonyl (C=O) groups excluding carboxylic acids is 1. The largest absolute Gasteiger partial charge is 0.352 e. The van der Waals surface area contributed by atoms with Gasteiger partial charge in [-0.2, -0.15) is 0 Å². The topological polar surface area (TPSA) is 118 Å². The molecule has 1 atom stereocenters. The molecule has 1 rings (SSSR count). The normalized spacial score (nSPS) is 12.8. The molecule has 2 N–H and O–H groups in total. The van der Waals surface area contributed by atoms with Gasteiger partial charge in [-0.25, -0.2) is 4.98 Å². The third-order valence-corrected chi connectivity index (χ3v) is 2.41. The Kier molecular flexibility index (Phi) is 5.45. The highest BCUT2D eigenvalue weighted by atomic mass is 35.5. The van der Waals surface area contributed by atoms with E-state index in [9.17, 15) is 14.9 Å². The Morgan fingerprint density at radius 3 is 2.67 bits per heavy atom. The van der Waals surface area contributed by atoms with Crippen molar-refractivity contribution in [1.29, 1.82) is 0 Å². The highest BCUT2D eigenvalue weighted by Crippen LogP contribution is 2.26. The number of nitrogens with zero attached hydrogens (tertiary/aromatic N) is 2. The predicted octanol–water partition coefficient (Wildman–Crippen LogP) is 2.40. The lowest BCUT2D eigenvalue weighted by Gasteiger charge is -2.27. The number of nitro groups is 1. The summed E-state index contributed by atoms with van der Waals surface area (Å²) >= 11 is 5.73. The molecule has 0 aliphatic carbocycles. The van der Waals surface area contributed by atoms with Gasteiger partial charge in [0.2, 0.25) is 11.7 Å². The zero-order chi connectivity index (χ0) is 16.2. The van der Waals surface area contributed by atoms with Gasteiger partial charge in [0.05, 0.1) is 16.9 Å². The van der Waals surface area contributed by atoms with Gasteiger partial charge < -0.3 is 10.1 Å². The number of pyridine rings is 1. The Hall–Kier alpha value is -1.93. The maximum absolute atomic E-state index is 11.0. The summed E-state index contributed by atoms with van der Waals surface area (Å²) in [4.78, 5) is 25.2. The number of amides is 1. The van der Waals surface area contributed by atoms with Crippen molar-refractivity contribution in [3.8, 4) is 0 Å². The fourth-order valence-corrected chi connectivity index (χ4v) is 1.70. The third kappa shape index (κ3) is 5.92. The van der Waals surface area contributed by atoms with E-state index < -0.39 is 22.7 Å². The number of hydrogen-bond acceptors (Lipinski definition) is 6. The van der Waals surface area contributed by atoms with Gasteiger partial charge in [-0.15, -0.1) is 0 Å². The first kappa shape index (κ1) is 17.1. The Morgan fingerprint density at radius 2 is 2.19 bits per heavy atom. The highest BCUT2D eigenvalue weighted by molar-refractivity contribution is 6.29. The molecule has 1 aromatic rings. The summed E-state index contributed by atoms with van der Waals surface area (Å²) < 4.78 is 5.57. The minimum absolute atomic E-state index is 0.0646. The number of ether oxygens (including phenoxy) is 1. The molecule has 1 unspecified atom stereocenters. The minimum Gasteiger partial charge on any atom is -0.352 e. The standard InChI is InChI=1S/C12H16ClN4O4/c1-12(2,3)21-10(6-9(14)18)16-11-7(17(19)20)4-5-8(13)15-11/h4-5,10,14H,6H2,1-3H3,(H,15,16). The number of anilines is 1. The van der Waals surface area contributed by atoms with Gasteiger partial charge >= 0.3 is 5.69 Å². The van der Waals surface area contributed by atoms with Gasteiger partial charge in [-0.1, -0.05) is 11.6 Å². The van der Waals surface area contributed by atoms with Crippen LogP contribution in [0.2, 0.25) is 5.15 Å². The van der Waals surface area contributed by atoms with Crippen molar-refractivity contribution in [1.82, 2.24) is 10.7 Å². The summed E-state index contributed by atoms with van der Waals surface area (Å²) in [7, 11) is 0. The van der Waals surface area contributed by atoms with Crippen molar-refractivity contribution in [3.63, 3.8) is 0 Å². The number of nitrogens with one attached hydrogen (secondary N) is 2. The lowest BCUT2D eigenvalue weighted by Crippen LogP contribution is -2.35. The van der Waals surface area contributed by atoms with Gasteiger partial charge in [0.1, 0.15) is 11.4 Å². The SMILES string of the molecule is CC(C)(C)OC(CC([NH])=O)Nc1nc(Cl)ccc1[N+](=O)[O-]. The highest BCUT2D eigenvalue weighted by Gasteiger charge is 2.25. The van der Waals surface area contributed by atoms with Gasteiger partial charge in [0.15, 0.2) is 0 Å². The molecule has 8 nitrogen and oxygen atoms in total. The molecule has 0 saturated carbocycles. The summed E-state index contributed by atoms with van der Waals surface area (Å²) in [6.07, 6.45) is -1.19. The second-order valence-corrected chi connectivity index (χ2v) is 5.64. The molecule has 0 aliphatic rings. The second-order valence-electron chi connectivity index (χ2n) is 5.25. The molecular weight excluding hydrogens is 300 g/mol. The molecule has 0 bridgehead atoms. The molecule has 0 fully saturated rings. The number of halogens is 1. The minimum atomic E-state index is -0.917. The van der Waals surface area contributed by atoms with Crippen LogP contribution < -0.4 is 11.1 Å². The molecule has 0 spiro atoms. The van der Waals surface area contributed by atoms with E-state index in [2.05, 4.69) is 10.3 Å². The molecule has 0 aliphatic heterocycles. The van der Waals surface area contributed by atoms with Crippen molar-refractivity contribution in [2.45, 2.75) is 39.0 Å². The second kappa shape index (κ2) is 6.68. The summed E-state index contributed by atoms with van der Waals surface area (Å²) in [6, 6.07) is 2.49. The van der Waals surface area contributed by atoms with Gasteiger partial charge in [0.25, 0.3) is 0 Å². The van der Waals surface area contributed by atoms with Gasteiger partial charge in [-0.05, 0) is 26.8 Å². The Balaban J connectivity index is 3.04. The zero-order valence-electron chi connectivity index (χ0n) is 11.8. The van der Waals surface area contributed by atoms with E-state index in [1.807, 2.05) is 0 Å². The van der Waals surface area contributed by atoms with E-state index in [0.717, 1.165) is 0 Å². The average Bonchev–Trinajstić information content (AvgIpc) is 2.24. The van der Waals surface area contributed by atoms with Crippen LogP contribution in [0, 0.1) is 10.1 Å². The van der Waals surface area contributed by atoms with Crippen LogP contribution >= 0.6 is 11.6 Å². The van der Waals surface area contributed by atoms with Crippen LogP contribution in [-0.4, -0.2) is 27.6 Å². The third-order valence-electron chi connectivity index (χ3n) is 2.20. The lowest BCUT2D eigenvalue weighted by molar-refractivity contribution is -0.384. The van der Waals surface area contributed by atoms with Crippen LogP contribution in [0.1, 0.15) is 27.2 Å². The molecule has 21 heavy (non-hydrogen) atoms. The van der Waals surface area contributed by atoms with Crippen LogP contribution in [0.25, 0.3) is 0 Å². The molecular formula is C12H16ClN4O4. The summed E-state index contributed by atoms with van der Waals surface area (Å²) in [5.41, 5.74) is 6.12. The van der Waals surface area contributed by atoms with Gasteiger partial charge in [0, 0.05) is 6.07 Å². The zero-order valence-corrected chi connectivity index (χ0v) is 12.6. The first-order chi connectivity index (χ1) is 9.58. The summed E-state index contributed by atoms with van der Waals surface area (Å²) in [6.45, 7) is 5.28. The Bertz CT molecular complexity index is 545. The Labute approximate surface area is 126 Å². The first-order valence-corrected chi connectivity index (χ1v) is 6.46. The van der Waals surface area contributed by atoms with Gasteiger partial charge in [-0.3, -0.25) is 20.6 Å². The number of rotatable bonds is 6. The van der Waals surface area contributed by atoms with Crippen LogP contribution in [0.15, 0.2) is 12.1 Å². The molecule has 0 aromatic carbocycles. The fourth-order valence-electron chi connectivity index (χ4n) is 1.55. The average molecular weight is 316 g/mol. The maximum atomic E-state index is 11.0. The van der Waals surface area contributed by atoms with Crippen molar-refractivity contribution >= 4 is 29.0 Å². The number of aromatic nitrogens is 1. The van der Waals surface area contributed by atoms with E-state index >= 15 is 0 Å². The number of carbonyl (C=O) groups is 1. The number of hydrogen-bond donors (Lipinski definition) is 1. The fraction of sp³-hybridized carbons (Fsp3) is 0.500. The predicted molar refractivity (Wildman–Crippen MR) is 76.9 cm³/mol. The van der Waals surface area contributed by atoms with E-state index in [-0.39, 0.29) is 23.1 Å². The quantitative estimate of drug-likeness (QED) is 0.372. The van der Waals surface area contributed by atoms with Crippen molar-refractivity contribution in [3.05, 3.63) is 27.4 Å². The van der Waals surface area contributed by atoms with Crippen molar-refractivity contribution in [2.75, 3.05) is 5.32 Å². The molecule has 9 heteroatoms. The summed E-state index contributed by atoms with van der Waals surface area (Å²) in [5, 5.41) is 13.7. The maximum Gasteiger partial charge on any atom is 0.311 e. The Morgan fingerprint density at radius 1 is 1.57 bits per heavy atom. The van der Waals surface area contributed by atoms with E-state index in [1.165, 1.54) is 12.1 Å². The van der Waals surface area contributed by atoms with E-state index in [0.29, 0.717) is 0 Å². The lowest BCUT2D eigenvalue weighted by atomic mass is 10.2. The molecule has 115 valence electrons. The first-order valence-electron chi connectivity index (χ1n) is 6.08. The molecule has 1 heterocycles. The van der Waals surface area contributed by atoms with Crippen LogP contribution in [0.4, 0.5) is 11.5 Å². The summed E-state index contributed by atoms with van der Waals surface area (Å²) in [5.74, 6) is -0.968. The molecule has 1 radical (unpaired) electrons. The smallest absolute Gasteiger partial charge is 0.311 e. The molecule has 0 saturated heterocycles. The van der Waals surface area contributed by atoms with Crippen molar-refractivity contribution < 1.29 is 14.5 Å².